The molecule has 1 amide bonds. The van der Waals surface area contributed by atoms with E-state index < -0.39 is 16.9 Å². The molecule has 1 aromatic carbocycles. The van der Waals surface area contributed by atoms with Crippen LogP contribution in [0.4, 0.5) is 5.69 Å². The minimum Gasteiger partial charge on any atom is -0.396 e. The lowest BCUT2D eigenvalue weighted by Crippen LogP contribution is -2.33. The second-order valence-electron chi connectivity index (χ2n) is 5.52. The molecule has 0 aliphatic carbocycles. The summed E-state index contributed by atoms with van der Waals surface area (Å²) in [7, 11) is 3.08. The third-order valence-electron chi connectivity index (χ3n) is 3.95. The first-order chi connectivity index (χ1) is 11.4. The summed E-state index contributed by atoms with van der Waals surface area (Å²) in [5.41, 5.74) is 0.686. The summed E-state index contributed by atoms with van der Waals surface area (Å²) >= 11 is 0. The standard InChI is InChI=1S/C16H20N4O4/c1-11-14(20(23)24)15(19(3)17-11)16(22)18(2)13(9-10-21)12-7-5-4-6-8-12/h4-8,13,21H,9-10H2,1-3H3. The van der Waals surface area contributed by atoms with Gasteiger partial charge in [0.1, 0.15) is 5.69 Å². The van der Waals surface area contributed by atoms with Gasteiger partial charge in [-0.1, -0.05) is 30.3 Å². The van der Waals surface area contributed by atoms with E-state index in [1.165, 1.54) is 23.6 Å². The van der Waals surface area contributed by atoms with Crippen LogP contribution in [0.2, 0.25) is 0 Å². The fourth-order valence-corrected chi connectivity index (χ4v) is 2.80. The number of nitrogens with zero attached hydrogens (tertiary/aromatic N) is 4. The van der Waals surface area contributed by atoms with Crippen LogP contribution in [0.25, 0.3) is 0 Å². The fourth-order valence-electron chi connectivity index (χ4n) is 2.80. The normalized spacial score (nSPS) is 12.0. The van der Waals surface area contributed by atoms with Gasteiger partial charge in [-0.3, -0.25) is 19.6 Å². The molecule has 0 aliphatic rings. The molecule has 0 spiro atoms. The van der Waals surface area contributed by atoms with Crippen LogP contribution >= 0.6 is 0 Å². The molecule has 8 nitrogen and oxygen atoms in total. The molecule has 0 saturated heterocycles. The Bertz CT molecular complexity index is 742. The lowest BCUT2D eigenvalue weighted by molar-refractivity contribution is -0.385. The summed E-state index contributed by atoms with van der Waals surface area (Å²) in [6.45, 7) is 1.39. The van der Waals surface area contributed by atoms with Crippen molar-refractivity contribution in [2.45, 2.75) is 19.4 Å². The Labute approximate surface area is 139 Å². The molecule has 2 rings (SSSR count). The van der Waals surface area contributed by atoms with E-state index in [9.17, 15) is 20.0 Å². The summed E-state index contributed by atoms with van der Waals surface area (Å²) in [5.74, 6) is -0.507. The molecule has 1 atom stereocenters. The van der Waals surface area contributed by atoms with Crippen molar-refractivity contribution in [2.24, 2.45) is 7.05 Å². The van der Waals surface area contributed by atoms with Gasteiger partial charge in [-0.2, -0.15) is 5.10 Å². The number of nitro groups is 1. The molecule has 24 heavy (non-hydrogen) atoms. The maximum Gasteiger partial charge on any atom is 0.322 e. The van der Waals surface area contributed by atoms with Gasteiger partial charge >= 0.3 is 5.69 Å². The second kappa shape index (κ2) is 7.22. The summed E-state index contributed by atoms with van der Waals surface area (Å²) < 4.78 is 1.23. The smallest absolute Gasteiger partial charge is 0.322 e. The lowest BCUT2D eigenvalue weighted by atomic mass is 10.0. The Hall–Kier alpha value is -2.74. The number of aromatic nitrogens is 2. The third kappa shape index (κ3) is 3.28. The summed E-state index contributed by atoms with van der Waals surface area (Å²) in [4.78, 5) is 25.0. The maximum absolute atomic E-state index is 12.9. The lowest BCUT2D eigenvalue weighted by Gasteiger charge is -2.28. The number of rotatable bonds is 6. The van der Waals surface area contributed by atoms with Crippen molar-refractivity contribution in [1.29, 1.82) is 0 Å². The Balaban J connectivity index is 2.43. The van der Waals surface area contributed by atoms with Crippen LogP contribution < -0.4 is 0 Å². The van der Waals surface area contributed by atoms with Crippen molar-refractivity contribution in [2.75, 3.05) is 13.7 Å². The molecule has 0 bridgehead atoms. The highest BCUT2D eigenvalue weighted by Gasteiger charge is 2.33. The highest BCUT2D eigenvalue weighted by molar-refractivity contribution is 5.97. The minimum atomic E-state index is -0.590. The number of carbonyl (C=O) groups excluding carboxylic acids is 1. The summed E-state index contributed by atoms with van der Waals surface area (Å²) in [6, 6.07) is 8.86. The van der Waals surface area contributed by atoms with Gasteiger partial charge in [0.15, 0.2) is 0 Å². The highest BCUT2D eigenvalue weighted by Crippen LogP contribution is 2.28. The maximum atomic E-state index is 12.9. The molecule has 1 N–H and O–H groups in total. The Morgan fingerprint density at radius 1 is 1.42 bits per heavy atom. The van der Waals surface area contributed by atoms with Crippen LogP contribution in [0.15, 0.2) is 30.3 Å². The number of hydrogen-bond donors (Lipinski definition) is 1. The van der Waals surface area contributed by atoms with Crippen LogP contribution in [-0.4, -0.2) is 44.3 Å². The molecule has 0 aliphatic heterocycles. The van der Waals surface area contributed by atoms with E-state index in [1.807, 2.05) is 30.3 Å². The molecule has 1 unspecified atom stereocenters. The first kappa shape index (κ1) is 17.6. The summed E-state index contributed by atoms with van der Waals surface area (Å²) in [5, 5.41) is 24.6. The average Bonchev–Trinajstić information content (AvgIpc) is 2.86. The molecule has 0 saturated carbocycles. The Morgan fingerprint density at radius 2 is 2.04 bits per heavy atom. The fraction of sp³-hybridized carbons (Fsp3) is 0.375. The van der Waals surface area contributed by atoms with Gasteiger partial charge in [0.2, 0.25) is 5.69 Å². The van der Waals surface area contributed by atoms with Crippen LogP contribution in [0.1, 0.15) is 34.2 Å². The zero-order valence-corrected chi connectivity index (χ0v) is 13.8. The topological polar surface area (TPSA) is 102 Å². The van der Waals surface area contributed by atoms with E-state index >= 15 is 0 Å². The number of benzene rings is 1. The van der Waals surface area contributed by atoms with E-state index in [0.717, 1.165) is 5.56 Å². The van der Waals surface area contributed by atoms with Gasteiger partial charge in [-0.05, 0) is 18.9 Å². The number of carbonyl (C=O) groups is 1. The van der Waals surface area contributed by atoms with Gasteiger partial charge in [-0.25, -0.2) is 0 Å². The van der Waals surface area contributed by atoms with Crippen LogP contribution in [0, 0.1) is 17.0 Å². The summed E-state index contributed by atoms with van der Waals surface area (Å²) in [6.07, 6.45) is 0.330. The van der Waals surface area contributed by atoms with E-state index in [1.54, 1.807) is 7.05 Å². The largest absolute Gasteiger partial charge is 0.396 e. The van der Waals surface area contributed by atoms with Gasteiger partial charge in [0.25, 0.3) is 5.91 Å². The monoisotopic (exact) mass is 332 g/mol. The van der Waals surface area contributed by atoms with Crippen LogP contribution in [-0.2, 0) is 7.05 Å². The molecule has 8 heteroatoms. The number of aliphatic hydroxyl groups is 1. The first-order valence-corrected chi connectivity index (χ1v) is 7.49. The number of aliphatic hydroxyl groups excluding tert-OH is 1. The molecular weight excluding hydrogens is 312 g/mol. The van der Waals surface area contributed by atoms with Crippen molar-refractivity contribution < 1.29 is 14.8 Å². The third-order valence-corrected chi connectivity index (χ3v) is 3.95. The number of hydrogen-bond acceptors (Lipinski definition) is 5. The predicted molar refractivity (Wildman–Crippen MR) is 87.6 cm³/mol. The van der Waals surface area contributed by atoms with Crippen molar-refractivity contribution in [3.63, 3.8) is 0 Å². The van der Waals surface area contributed by atoms with E-state index in [-0.39, 0.29) is 23.7 Å². The van der Waals surface area contributed by atoms with Crippen molar-refractivity contribution in [1.82, 2.24) is 14.7 Å². The first-order valence-electron chi connectivity index (χ1n) is 7.49. The Morgan fingerprint density at radius 3 is 2.58 bits per heavy atom. The van der Waals surface area contributed by atoms with Crippen LogP contribution in [0.5, 0.6) is 0 Å². The number of amides is 1. The predicted octanol–water partition coefficient (Wildman–Crippen LogP) is 1.83. The van der Waals surface area contributed by atoms with Crippen molar-refractivity contribution >= 4 is 11.6 Å². The van der Waals surface area contributed by atoms with Gasteiger partial charge in [0.05, 0.1) is 11.0 Å². The van der Waals surface area contributed by atoms with Gasteiger partial charge in [0, 0.05) is 20.7 Å². The average molecular weight is 332 g/mol. The molecule has 2 aromatic rings. The molecule has 0 fully saturated rings. The zero-order valence-electron chi connectivity index (χ0n) is 13.8. The zero-order chi connectivity index (χ0) is 17.9. The van der Waals surface area contributed by atoms with Crippen LogP contribution in [0.3, 0.4) is 0 Å². The minimum absolute atomic E-state index is 0.0705. The molecule has 0 radical (unpaired) electrons. The van der Waals surface area contributed by atoms with Gasteiger partial charge in [-0.15, -0.1) is 0 Å². The van der Waals surface area contributed by atoms with Crippen molar-refractivity contribution in [3.8, 4) is 0 Å². The number of aryl methyl sites for hydroxylation is 2. The molecule has 1 heterocycles. The van der Waals surface area contributed by atoms with E-state index in [2.05, 4.69) is 5.10 Å². The molecule has 128 valence electrons. The molecular formula is C16H20N4O4. The van der Waals surface area contributed by atoms with Gasteiger partial charge < -0.3 is 10.0 Å². The van der Waals surface area contributed by atoms with Crippen molar-refractivity contribution in [3.05, 3.63) is 57.4 Å². The highest BCUT2D eigenvalue weighted by atomic mass is 16.6. The van der Waals surface area contributed by atoms with E-state index in [4.69, 9.17) is 0 Å². The second-order valence-corrected chi connectivity index (χ2v) is 5.52. The molecule has 1 aromatic heterocycles. The quantitative estimate of drug-likeness (QED) is 0.642. The Kier molecular flexibility index (Phi) is 5.30. The SMILES string of the molecule is Cc1nn(C)c(C(=O)N(C)C(CCO)c2ccccc2)c1[N+](=O)[O-]. The van der Waals surface area contributed by atoms with E-state index in [0.29, 0.717) is 6.42 Å².